The average Bonchev–Trinajstić information content (AvgIpc) is 2.03. The molecular weight excluding hydrogens is 188 g/mol. The molecule has 0 aliphatic heterocycles. The highest BCUT2D eigenvalue weighted by atomic mass is 35.5. The molecule has 1 aromatic carbocycles. The van der Waals surface area contributed by atoms with Gasteiger partial charge >= 0.3 is 5.97 Å². The Morgan fingerprint density at radius 2 is 1.77 bits per heavy atom. The van der Waals surface area contributed by atoms with E-state index in [1.165, 1.54) is 6.07 Å². The molecule has 0 spiro atoms. The van der Waals surface area contributed by atoms with E-state index < -0.39 is 5.97 Å². The number of benzene rings is 1. The van der Waals surface area contributed by atoms with E-state index >= 15 is 0 Å². The molecular formula is C10H10ClO2. The normalized spacial score (nSPS) is 10.5. The van der Waals surface area contributed by atoms with Crippen LogP contribution < -0.4 is 0 Å². The van der Waals surface area contributed by atoms with Gasteiger partial charge < -0.3 is 5.11 Å². The predicted molar refractivity (Wildman–Crippen MR) is 52.1 cm³/mol. The van der Waals surface area contributed by atoms with Crippen LogP contribution in [0.3, 0.4) is 0 Å². The number of hydrogen-bond acceptors (Lipinski definition) is 1. The molecule has 0 saturated heterocycles. The average molecular weight is 198 g/mol. The molecule has 0 heterocycles. The molecule has 0 fully saturated rings. The Kier molecular flexibility index (Phi) is 2.94. The van der Waals surface area contributed by atoms with Gasteiger partial charge in [0.1, 0.15) is 0 Å². The van der Waals surface area contributed by atoms with E-state index in [1.807, 2.05) is 13.8 Å². The first-order chi connectivity index (χ1) is 6.00. The summed E-state index contributed by atoms with van der Waals surface area (Å²) in [7, 11) is 0. The van der Waals surface area contributed by atoms with E-state index in [0.29, 0.717) is 5.02 Å². The quantitative estimate of drug-likeness (QED) is 0.792. The molecule has 0 unspecified atom stereocenters. The second-order valence-electron chi connectivity index (χ2n) is 3.03. The van der Waals surface area contributed by atoms with Crippen LogP contribution in [0.2, 0.25) is 5.02 Å². The smallest absolute Gasteiger partial charge is 0.335 e. The number of carbonyl (C=O) groups is 1. The van der Waals surface area contributed by atoms with E-state index in [-0.39, 0.29) is 5.56 Å². The molecule has 69 valence electrons. The molecule has 0 aromatic heterocycles. The van der Waals surface area contributed by atoms with Gasteiger partial charge in [0, 0.05) is 5.02 Å². The maximum atomic E-state index is 10.7. The van der Waals surface area contributed by atoms with Crippen LogP contribution in [0.5, 0.6) is 0 Å². The van der Waals surface area contributed by atoms with Gasteiger partial charge in [0.15, 0.2) is 0 Å². The summed E-state index contributed by atoms with van der Waals surface area (Å²) in [5.74, 6) is 0.0926. The molecule has 2 nitrogen and oxygen atoms in total. The monoisotopic (exact) mass is 197 g/mol. The maximum Gasteiger partial charge on any atom is 0.335 e. The van der Waals surface area contributed by atoms with Gasteiger partial charge in [-0.3, -0.25) is 0 Å². The summed E-state index contributed by atoms with van der Waals surface area (Å²) in [5, 5.41) is 9.20. The van der Waals surface area contributed by atoms with Crippen molar-refractivity contribution in [3.63, 3.8) is 0 Å². The Bertz CT molecular complexity index is 332. The Morgan fingerprint density at radius 1 is 1.23 bits per heavy atom. The lowest BCUT2D eigenvalue weighted by molar-refractivity contribution is 0.0697. The highest BCUT2D eigenvalue weighted by Gasteiger charge is 2.08. The Balaban J connectivity index is 3.19. The van der Waals surface area contributed by atoms with Crippen molar-refractivity contribution >= 4 is 17.6 Å². The Hall–Kier alpha value is -1.02. The molecule has 0 aliphatic rings. The molecule has 1 radical (unpaired) electrons. The van der Waals surface area contributed by atoms with Crippen LogP contribution in [0.15, 0.2) is 18.2 Å². The molecule has 0 atom stereocenters. The second kappa shape index (κ2) is 3.79. The van der Waals surface area contributed by atoms with Gasteiger partial charge in [-0.1, -0.05) is 25.4 Å². The van der Waals surface area contributed by atoms with Crippen LogP contribution >= 0.6 is 11.6 Å². The number of carboxylic acid groups (broad SMARTS) is 1. The molecule has 0 amide bonds. The molecule has 0 aliphatic carbocycles. The lowest BCUT2D eigenvalue weighted by atomic mass is 10.0. The lowest BCUT2D eigenvalue weighted by Crippen LogP contribution is -1.98. The SMILES string of the molecule is C[C](C)c1cc(Cl)cc(C(=O)O)c1. The minimum atomic E-state index is -0.954. The minimum Gasteiger partial charge on any atom is -0.478 e. The molecule has 1 aromatic rings. The van der Waals surface area contributed by atoms with Crippen molar-refractivity contribution in [3.05, 3.63) is 40.3 Å². The number of carboxylic acids is 1. The maximum absolute atomic E-state index is 10.7. The topological polar surface area (TPSA) is 37.3 Å². The van der Waals surface area contributed by atoms with Crippen molar-refractivity contribution in [1.82, 2.24) is 0 Å². The van der Waals surface area contributed by atoms with E-state index in [0.717, 1.165) is 11.5 Å². The Morgan fingerprint density at radius 3 is 2.23 bits per heavy atom. The minimum absolute atomic E-state index is 0.226. The van der Waals surface area contributed by atoms with Crippen LogP contribution in [0.1, 0.15) is 29.8 Å². The van der Waals surface area contributed by atoms with Crippen LogP contribution in [0, 0.1) is 5.92 Å². The zero-order chi connectivity index (χ0) is 10.0. The van der Waals surface area contributed by atoms with Gasteiger partial charge in [-0.05, 0) is 29.7 Å². The molecule has 0 bridgehead atoms. The summed E-state index contributed by atoms with van der Waals surface area (Å²) in [6, 6.07) is 4.81. The zero-order valence-corrected chi connectivity index (χ0v) is 8.22. The highest BCUT2D eigenvalue weighted by Crippen LogP contribution is 2.20. The van der Waals surface area contributed by atoms with Gasteiger partial charge in [-0.25, -0.2) is 4.79 Å². The fourth-order valence-corrected chi connectivity index (χ4v) is 1.24. The summed E-state index contributed by atoms with van der Waals surface area (Å²) >= 11 is 5.76. The number of halogens is 1. The van der Waals surface area contributed by atoms with Crippen molar-refractivity contribution in [1.29, 1.82) is 0 Å². The molecule has 13 heavy (non-hydrogen) atoms. The first kappa shape index (κ1) is 10.1. The van der Waals surface area contributed by atoms with Crippen LogP contribution in [0.25, 0.3) is 0 Å². The number of hydrogen-bond donors (Lipinski definition) is 1. The Labute approximate surface area is 82.2 Å². The van der Waals surface area contributed by atoms with Crippen LogP contribution in [-0.4, -0.2) is 11.1 Å². The predicted octanol–water partition coefficient (Wildman–Crippen LogP) is 3.00. The van der Waals surface area contributed by atoms with E-state index in [4.69, 9.17) is 16.7 Å². The van der Waals surface area contributed by atoms with Gasteiger partial charge in [-0.15, -0.1) is 0 Å². The van der Waals surface area contributed by atoms with Crippen LogP contribution in [-0.2, 0) is 0 Å². The van der Waals surface area contributed by atoms with Crippen molar-refractivity contribution in [2.75, 3.05) is 0 Å². The van der Waals surface area contributed by atoms with Crippen molar-refractivity contribution in [2.24, 2.45) is 0 Å². The summed E-state index contributed by atoms with van der Waals surface area (Å²) in [5.41, 5.74) is 1.09. The fraction of sp³-hybridized carbons (Fsp3) is 0.200. The third kappa shape index (κ3) is 2.46. The largest absolute Gasteiger partial charge is 0.478 e. The highest BCUT2D eigenvalue weighted by molar-refractivity contribution is 6.31. The van der Waals surface area contributed by atoms with Crippen molar-refractivity contribution in [2.45, 2.75) is 13.8 Å². The number of rotatable bonds is 2. The molecule has 1 N–H and O–H groups in total. The first-order valence-corrected chi connectivity index (χ1v) is 4.23. The van der Waals surface area contributed by atoms with E-state index in [2.05, 4.69) is 0 Å². The lowest BCUT2D eigenvalue weighted by Gasteiger charge is -2.06. The van der Waals surface area contributed by atoms with Gasteiger partial charge in [-0.2, -0.15) is 0 Å². The zero-order valence-electron chi connectivity index (χ0n) is 7.47. The molecule has 0 saturated carbocycles. The summed E-state index contributed by atoms with van der Waals surface area (Å²) in [4.78, 5) is 10.7. The third-order valence-electron chi connectivity index (χ3n) is 1.72. The standard InChI is InChI=1S/C10H10ClO2/c1-6(2)7-3-8(10(12)13)5-9(11)4-7/h3-5H,1-2H3,(H,12,13). The summed E-state index contributed by atoms with van der Waals surface area (Å²) in [6.07, 6.45) is 0. The van der Waals surface area contributed by atoms with Gasteiger partial charge in [0.25, 0.3) is 0 Å². The van der Waals surface area contributed by atoms with Gasteiger partial charge in [0.05, 0.1) is 5.56 Å². The molecule has 1 rings (SSSR count). The van der Waals surface area contributed by atoms with E-state index in [1.54, 1.807) is 12.1 Å². The van der Waals surface area contributed by atoms with Crippen LogP contribution in [0.4, 0.5) is 0 Å². The number of aromatic carboxylic acids is 1. The summed E-state index contributed by atoms with van der Waals surface area (Å²) < 4.78 is 0. The van der Waals surface area contributed by atoms with Crippen molar-refractivity contribution in [3.8, 4) is 0 Å². The summed E-state index contributed by atoms with van der Waals surface area (Å²) in [6.45, 7) is 3.83. The van der Waals surface area contributed by atoms with Gasteiger partial charge in [0.2, 0.25) is 0 Å². The van der Waals surface area contributed by atoms with Crippen molar-refractivity contribution < 1.29 is 9.90 Å². The second-order valence-corrected chi connectivity index (χ2v) is 3.47. The van der Waals surface area contributed by atoms with E-state index in [9.17, 15) is 4.79 Å². The third-order valence-corrected chi connectivity index (χ3v) is 1.94. The molecule has 3 heteroatoms. The fourth-order valence-electron chi connectivity index (χ4n) is 1.00. The first-order valence-electron chi connectivity index (χ1n) is 3.85.